The Bertz CT molecular complexity index is 596. The van der Waals surface area contributed by atoms with Crippen molar-refractivity contribution in [3.05, 3.63) is 23.4 Å². The van der Waals surface area contributed by atoms with E-state index in [1.54, 1.807) is 0 Å². The minimum atomic E-state index is -0.867. The monoisotopic (exact) mass is 381 g/mol. The summed E-state index contributed by atoms with van der Waals surface area (Å²) in [5.74, 6) is 0.136. The van der Waals surface area contributed by atoms with Gasteiger partial charge in [-0.1, -0.05) is 13.0 Å². The first-order chi connectivity index (χ1) is 13.1. The van der Waals surface area contributed by atoms with Crippen LogP contribution in [-0.4, -0.2) is 66.5 Å². The highest BCUT2D eigenvalue weighted by Crippen LogP contribution is 2.20. The molecule has 6 nitrogen and oxygen atoms in total. The lowest BCUT2D eigenvalue weighted by atomic mass is 10.1. The van der Waals surface area contributed by atoms with Crippen LogP contribution in [0.5, 0.6) is 0 Å². The van der Waals surface area contributed by atoms with E-state index in [2.05, 4.69) is 17.4 Å². The van der Waals surface area contributed by atoms with Gasteiger partial charge in [0.15, 0.2) is 0 Å². The Morgan fingerprint density at radius 2 is 2.26 bits per heavy atom. The van der Waals surface area contributed by atoms with E-state index in [0.717, 1.165) is 50.2 Å². The first-order valence-corrected chi connectivity index (χ1v) is 9.87. The average Bonchev–Trinajstić information content (AvgIpc) is 2.68. The molecule has 27 heavy (non-hydrogen) atoms. The van der Waals surface area contributed by atoms with Crippen LogP contribution in [0.15, 0.2) is 12.1 Å². The fourth-order valence-electron chi connectivity index (χ4n) is 3.54. The van der Waals surface area contributed by atoms with Crippen molar-refractivity contribution in [1.82, 2.24) is 9.88 Å². The molecule has 2 rings (SSSR count). The first kappa shape index (κ1) is 21.6. The van der Waals surface area contributed by atoms with Gasteiger partial charge in [-0.2, -0.15) is 0 Å². The zero-order valence-electron chi connectivity index (χ0n) is 16.4. The smallest absolute Gasteiger partial charge is 0.320 e. The van der Waals surface area contributed by atoms with Crippen molar-refractivity contribution in [3.63, 3.8) is 0 Å². The molecule has 1 aromatic heterocycles. The van der Waals surface area contributed by atoms with Gasteiger partial charge in [0.05, 0.1) is 6.10 Å². The number of unbranched alkanes of at least 4 members (excludes halogenated alkanes) is 1. The first-order valence-electron chi connectivity index (χ1n) is 9.87. The van der Waals surface area contributed by atoms with Gasteiger partial charge >= 0.3 is 5.97 Å². The number of carboxylic acids is 1. The second-order valence-corrected chi connectivity index (χ2v) is 7.07. The molecule has 2 heterocycles. The number of halogens is 1. The van der Waals surface area contributed by atoms with Gasteiger partial charge in [0, 0.05) is 25.9 Å². The third-order valence-corrected chi connectivity index (χ3v) is 5.14. The maximum absolute atomic E-state index is 13.0. The van der Waals surface area contributed by atoms with Crippen molar-refractivity contribution < 1.29 is 19.0 Å². The second-order valence-electron chi connectivity index (χ2n) is 7.07. The number of alkyl halides is 1. The Balaban J connectivity index is 1.87. The fourth-order valence-corrected chi connectivity index (χ4v) is 3.54. The van der Waals surface area contributed by atoms with Crippen molar-refractivity contribution in [2.24, 2.45) is 0 Å². The van der Waals surface area contributed by atoms with E-state index in [9.17, 15) is 14.3 Å². The molecular formula is C20H32FN3O3. The number of anilines is 1. The molecule has 1 aliphatic rings. The van der Waals surface area contributed by atoms with Crippen LogP contribution in [0.25, 0.3) is 0 Å². The van der Waals surface area contributed by atoms with Gasteiger partial charge < -0.3 is 15.2 Å². The number of aliphatic carboxylic acids is 1. The molecule has 0 radical (unpaired) electrons. The minimum Gasteiger partial charge on any atom is -0.480 e. The second kappa shape index (κ2) is 11.2. The lowest BCUT2D eigenvalue weighted by Gasteiger charge is -2.30. The maximum Gasteiger partial charge on any atom is 0.320 e. The Hall–Kier alpha value is -1.73. The number of ether oxygens (including phenoxy) is 1. The van der Waals surface area contributed by atoms with Crippen molar-refractivity contribution >= 4 is 11.8 Å². The molecule has 0 aliphatic carbocycles. The Labute approximate surface area is 161 Å². The number of hydrogen-bond acceptors (Lipinski definition) is 5. The van der Waals surface area contributed by atoms with Crippen LogP contribution in [0.3, 0.4) is 0 Å². The normalized spacial score (nSPS) is 15.9. The predicted octanol–water partition coefficient (Wildman–Crippen LogP) is 2.91. The third-order valence-electron chi connectivity index (χ3n) is 5.14. The molecule has 7 heteroatoms. The minimum absolute atomic E-state index is 0.290. The molecule has 0 aromatic carbocycles. The lowest BCUT2D eigenvalue weighted by molar-refractivity contribution is -0.144. The van der Waals surface area contributed by atoms with E-state index in [-0.39, 0.29) is 0 Å². The number of rotatable bonds is 12. The molecule has 0 saturated carbocycles. The van der Waals surface area contributed by atoms with Crippen LogP contribution >= 0.6 is 0 Å². The molecule has 0 spiro atoms. The SMILES string of the molecule is CCC(C(=O)O)N(CCCCc1ccc2c(n1)NCCC2)C[C@@H](CF)OC. The van der Waals surface area contributed by atoms with Crippen LogP contribution < -0.4 is 5.32 Å². The zero-order valence-corrected chi connectivity index (χ0v) is 16.4. The molecular weight excluding hydrogens is 349 g/mol. The van der Waals surface area contributed by atoms with Crippen molar-refractivity contribution in [2.45, 2.75) is 57.6 Å². The quantitative estimate of drug-likeness (QED) is 0.542. The van der Waals surface area contributed by atoms with Gasteiger partial charge in [-0.25, -0.2) is 9.37 Å². The van der Waals surface area contributed by atoms with Crippen LogP contribution in [0, 0.1) is 0 Å². The summed E-state index contributed by atoms with van der Waals surface area (Å²) >= 11 is 0. The molecule has 152 valence electrons. The summed E-state index contributed by atoms with van der Waals surface area (Å²) in [6, 6.07) is 3.62. The van der Waals surface area contributed by atoms with E-state index >= 15 is 0 Å². The van der Waals surface area contributed by atoms with Gasteiger partial charge in [-0.15, -0.1) is 0 Å². The standard InChI is InChI=1S/C20H32FN3O3/c1-3-18(20(25)26)24(14-17(13-21)27-2)12-5-4-8-16-10-9-15-7-6-11-22-19(15)23-16/h9-10,17-18H,3-8,11-14H2,1-2H3,(H,22,23)(H,25,26)/t17-,18?/m1/s1. The van der Waals surface area contributed by atoms with E-state index in [1.807, 2.05) is 11.8 Å². The van der Waals surface area contributed by atoms with Gasteiger partial charge in [0.1, 0.15) is 18.5 Å². The molecule has 0 fully saturated rings. The van der Waals surface area contributed by atoms with E-state index in [4.69, 9.17) is 9.72 Å². The Kier molecular flexibility index (Phi) is 8.94. The highest BCUT2D eigenvalue weighted by atomic mass is 19.1. The number of nitrogens with zero attached hydrogens (tertiary/aromatic N) is 2. The lowest BCUT2D eigenvalue weighted by Crippen LogP contribution is -2.46. The number of carboxylic acid groups (broad SMARTS) is 1. The van der Waals surface area contributed by atoms with Gasteiger partial charge in [0.25, 0.3) is 0 Å². The molecule has 0 saturated heterocycles. The molecule has 1 aromatic rings. The van der Waals surface area contributed by atoms with Gasteiger partial charge in [-0.3, -0.25) is 9.69 Å². The molecule has 0 amide bonds. The van der Waals surface area contributed by atoms with Gasteiger partial charge in [-0.05, 0) is 56.7 Å². The van der Waals surface area contributed by atoms with Crippen molar-refractivity contribution in [3.8, 4) is 0 Å². The molecule has 2 N–H and O–H groups in total. The van der Waals surface area contributed by atoms with Crippen molar-refractivity contribution in [2.75, 3.05) is 38.7 Å². The zero-order chi connectivity index (χ0) is 19.6. The Morgan fingerprint density at radius 1 is 1.44 bits per heavy atom. The number of pyridine rings is 1. The number of aryl methyl sites for hydroxylation is 2. The summed E-state index contributed by atoms with van der Waals surface area (Å²) in [6.07, 6.45) is 4.71. The number of carbonyl (C=O) groups is 1. The molecule has 0 bridgehead atoms. The third kappa shape index (κ3) is 6.43. The summed E-state index contributed by atoms with van der Waals surface area (Å²) in [6.45, 7) is 3.09. The fraction of sp³-hybridized carbons (Fsp3) is 0.700. The highest BCUT2D eigenvalue weighted by molar-refractivity contribution is 5.73. The maximum atomic E-state index is 13.0. The van der Waals surface area contributed by atoms with Crippen molar-refractivity contribution in [1.29, 1.82) is 0 Å². The number of aromatic nitrogens is 1. The predicted molar refractivity (Wildman–Crippen MR) is 104 cm³/mol. The van der Waals surface area contributed by atoms with Gasteiger partial charge in [0.2, 0.25) is 0 Å². The summed E-state index contributed by atoms with van der Waals surface area (Å²) < 4.78 is 18.1. The molecule has 2 atom stereocenters. The molecule has 1 unspecified atom stereocenters. The molecule has 1 aliphatic heterocycles. The van der Waals surface area contributed by atoms with E-state index in [0.29, 0.717) is 19.5 Å². The van der Waals surface area contributed by atoms with Crippen LogP contribution in [0.1, 0.15) is 43.9 Å². The topological polar surface area (TPSA) is 74.7 Å². The average molecular weight is 381 g/mol. The van der Waals surface area contributed by atoms with Crippen LogP contribution in [-0.2, 0) is 22.4 Å². The van der Waals surface area contributed by atoms with E-state index in [1.165, 1.54) is 12.7 Å². The number of methoxy groups -OCH3 is 1. The number of nitrogens with one attached hydrogen (secondary N) is 1. The largest absolute Gasteiger partial charge is 0.480 e. The number of hydrogen-bond donors (Lipinski definition) is 2. The Morgan fingerprint density at radius 3 is 2.93 bits per heavy atom. The summed E-state index contributed by atoms with van der Waals surface area (Å²) in [7, 11) is 1.46. The number of fused-ring (bicyclic) bond motifs is 1. The van der Waals surface area contributed by atoms with E-state index < -0.39 is 24.8 Å². The summed E-state index contributed by atoms with van der Waals surface area (Å²) in [5, 5.41) is 12.8. The summed E-state index contributed by atoms with van der Waals surface area (Å²) in [4.78, 5) is 18.1. The van der Waals surface area contributed by atoms with Crippen LogP contribution in [0.2, 0.25) is 0 Å². The summed E-state index contributed by atoms with van der Waals surface area (Å²) in [5.41, 5.74) is 2.33. The highest BCUT2D eigenvalue weighted by Gasteiger charge is 2.26. The van der Waals surface area contributed by atoms with Crippen LogP contribution in [0.4, 0.5) is 10.2 Å².